The molecule has 0 unspecified atom stereocenters. The van der Waals surface area contributed by atoms with Crippen molar-refractivity contribution < 1.29 is 13.2 Å². The molecule has 0 amide bonds. The number of rotatable bonds is 0. The second-order valence-corrected chi connectivity index (χ2v) is 6.59. The van der Waals surface area contributed by atoms with Gasteiger partial charge in [-0.1, -0.05) is 6.07 Å². The molecule has 5 heteroatoms. The molecule has 0 bridgehead atoms. The van der Waals surface area contributed by atoms with Crippen LogP contribution in [0.4, 0.5) is 13.2 Å². The maximum atomic E-state index is 12.8. The molecule has 0 aliphatic carbocycles. The summed E-state index contributed by atoms with van der Waals surface area (Å²) in [6.45, 7) is 2.03. The molecule has 2 aromatic heterocycles. The molecule has 1 nitrogen and oxygen atoms in total. The Labute approximate surface area is 128 Å². The van der Waals surface area contributed by atoms with Gasteiger partial charge in [-0.05, 0) is 43.3 Å². The van der Waals surface area contributed by atoms with E-state index in [1.165, 1.54) is 10.9 Å². The second-order valence-electron chi connectivity index (χ2n) is 5.30. The number of pyridine rings is 1. The molecule has 110 valence electrons. The van der Waals surface area contributed by atoms with Crippen LogP contribution in [-0.2, 0) is 6.18 Å². The summed E-state index contributed by atoms with van der Waals surface area (Å²) in [5, 5.41) is 2.42. The van der Waals surface area contributed by atoms with E-state index in [-0.39, 0.29) is 0 Å². The van der Waals surface area contributed by atoms with Crippen LogP contribution in [0.3, 0.4) is 0 Å². The smallest absolute Gasteiger partial charge is 0.247 e. The summed E-state index contributed by atoms with van der Waals surface area (Å²) >= 11 is 1.69. The van der Waals surface area contributed by atoms with Gasteiger partial charge in [-0.15, -0.1) is 11.3 Å². The summed E-state index contributed by atoms with van der Waals surface area (Å²) in [5.74, 6) is 0. The lowest BCUT2D eigenvalue weighted by Crippen LogP contribution is -2.04. The predicted molar refractivity (Wildman–Crippen MR) is 84.4 cm³/mol. The van der Waals surface area contributed by atoms with Crippen LogP contribution in [-0.4, -0.2) is 4.98 Å². The van der Waals surface area contributed by atoms with Crippen molar-refractivity contribution in [2.75, 3.05) is 0 Å². The van der Waals surface area contributed by atoms with E-state index in [1.54, 1.807) is 17.4 Å². The van der Waals surface area contributed by atoms with E-state index in [1.807, 2.05) is 19.1 Å². The number of hydrogen-bond donors (Lipinski definition) is 0. The summed E-state index contributed by atoms with van der Waals surface area (Å²) in [7, 11) is 0. The van der Waals surface area contributed by atoms with Gasteiger partial charge < -0.3 is 0 Å². The molecule has 0 saturated carbocycles. The van der Waals surface area contributed by atoms with Crippen LogP contribution >= 0.6 is 11.3 Å². The molecule has 0 saturated heterocycles. The minimum absolute atomic E-state index is 0.508. The van der Waals surface area contributed by atoms with Crippen LogP contribution in [0.1, 0.15) is 10.4 Å². The molecule has 0 N–H and O–H groups in total. The third-order valence-electron chi connectivity index (χ3n) is 3.72. The number of alkyl halides is 3. The molecule has 0 spiro atoms. The number of fused-ring (bicyclic) bond motifs is 4. The highest BCUT2D eigenvalue weighted by Gasteiger charge is 2.30. The summed E-state index contributed by atoms with van der Waals surface area (Å²) in [6, 6.07) is 11.4. The summed E-state index contributed by atoms with van der Waals surface area (Å²) in [4.78, 5) is 5.77. The van der Waals surface area contributed by atoms with Crippen molar-refractivity contribution in [2.45, 2.75) is 13.1 Å². The lowest BCUT2D eigenvalue weighted by atomic mass is 10.1. The molecular weight excluding hydrogens is 307 g/mol. The monoisotopic (exact) mass is 317 g/mol. The first-order valence-electron chi connectivity index (χ1n) is 6.73. The van der Waals surface area contributed by atoms with Gasteiger partial charge in [0.15, 0.2) is 0 Å². The lowest BCUT2D eigenvalue weighted by Gasteiger charge is -2.08. The molecule has 0 aliphatic rings. The molecule has 0 atom stereocenters. The van der Waals surface area contributed by atoms with E-state index < -0.39 is 11.7 Å². The normalized spacial score (nSPS) is 12.5. The van der Waals surface area contributed by atoms with Gasteiger partial charge in [0.2, 0.25) is 0 Å². The SMILES string of the molecule is Cc1cc2c(ccc3cc4cc(C(F)(F)F)ccc4nc32)s1. The van der Waals surface area contributed by atoms with Crippen molar-refractivity contribution >= 4 is 43.2 Å². The number of thiophene rings is 1. The minimum Gasteiger partial charge on any atom is -0.247 e. The molecule has 4 aromatic rings. The first-order chi connectivity index (χ1) is 10.4. The fourth-order valence-corrected chi connectivity index (χ4v) is 3.64. The maximum absolute atomic E-state index is 12.8. The maximum Gasteiger partial charge on any atom is 0.416 e. The lowest BCUT2D eigenvalue weighted by molar-refractivity contribution is -0.137. The van der Waals surface area contributed by atoms with Crippen LogP contribution < -0.4 is 0 Å². The van der Waals surface area contributed by atoms with Gasteiger partial charge >= 0.3 is 6.18 Å². The van der Waals surface area contributed by atoms with Crippen molar-refractivity contribution in [1.82, 2.24) is 4.98 Å². The molecule has 0 radical (unpaired) electrons. The highest BCUT2D eigenvalue weighted by Crippen LogP contribution is 2.34. The highest BCUT2D eigenvalue weighted by atomic mass is 32.1. The van der Waals surface area contributed by atoms with Crippen LogP contribution in [0.25, 0.3) is 31.9 Å². The number of halogens is 3. The number of aromatic nitrogens is 1. The quantitative estimate of drug-likeness (QED) is 0.366. The average molecular weight is 317 g/mol. The average Bonchev–Trinajstić information content (AvgIpc) is 2.84. The Hall–Kier alpha value is -2.14. The number of hydrogen-bond acceptors (Lipinski definition) is 2. The number of benzene rings is 2. The number of nitrogens with zero attached hydrogens (tertiary/aromatic N) is 1. The van der Waals surface area contributed by atoms with Gasteiger partial charge in [0.05, 0.1) is 16.6 Å². The first kappa shape index (κ1) is 13.5. The molecule has 2 aromatic carbocycles. The fraction of sp³-hybridized carbons (Fsp3) is 0.118. The zero-order valence-corrected chi connectivity index (χ0v) is 12.3. The molecule has 4 rings (SSSR count). The molecule has 0 aliphatic heterocycles. The highest BCUT2D eigenvalue weighted by molar-refractivity contribution is 7.19. The molecule has 22 heavy (non-hydrogen) atoms. The van der Waals surface area contributed by atoms with Gasteiger partial charge in [-0.3, -0.25) is 0 Å². The summed E-state index contributed by atoms with van der Waals surface area (Å²) in [6.07, 6.45) is -4.34. The van der Waals surface area contributed by atoms with Crippen molar-refractivity contribution in [3.05, 3.63) is 52.9 Å². The Morgan fingerprint density at radius 3 is 2.55 bits per heavy atom. The number of aryl methyl sites for hydroxylation is 1. The Bertz CT molecular complexity index is 1030. The van der Waals surface area contributed by atoms with E-state index in [2.05, 4.69) is 11.1 Å². The van der Waals surface area contributed by atoms with Gasteiger partial charge in [0, 0.05) is 25.7 Å². The summed E-state index contributed by atoms with van der Waals surface area (Å²) in [5.41, 5.74) is 0.777. The largest absolute Gasteiger partial charge is 0.416 e. The first-order valence-corrected chi connectivity index (χ1v) is 7.54. The predicted octanol–water partition coefficient (Wildman–Crippen LogP) is 5.93. The van der Waals surface area contributed by atoms with Gasteiger partial charge in [-0.25, -0.2) is 4.98 Å². The van der Waals surface area contributed by atoms with Gasteiger partial charge in [0.1, 0.15) is 0 Å². The Kier molecular flexibility index (Phi) is 2.72. The van der Waals surface area contributed by atoms with Crippen molar-refractivity contribution in [3.63, 3.8) is 0 Å². The standard InChI is InChI=1S/C17H10F3NS/c1-9-6-13-15(22-9)5-2-10-7-11-8-12(17(18,19)20)3-4-14(11)21-16(10)13/h2-8H,1H3. The third-order valence-corrected chi connectivity index (χ3v) is 4.74. The third kappa shape index (κ3) is 2.04. The van der Waals surface area contributed by atoms with E-state index in [4.69, 9.17) is 0 Å². The van der Waals surface area contributed by atoms with Gasteiger partial charge in [-0.2, -0.15) is 13.2 Å². The summed E-state index contributed by atoms with van der Waals surface area (Å²) < 4.78 is 39.6. The Morgan fingerprint density at radius 1 is 0.955 bits per heavy atom. The van der Waals surface area contributed by atoms with E-state index in [9.17, 15) is 13.2 Å². The van der Waals surface area contributed by atoms with Crippen molar-refractivity contribution in [2.24, 2.45) is 0 Å². The van der Waals surface area contributed by atoms with E-state index in [0.29, 0.717) is 10.9 Å². The van der Waals surface area contributed by atoms with E-state index >= 15 is 0 Å². The second kappa shape index (κ2) is 4.43. The van der Waals surface area contributed by atoms with E-state index in [0.717, 1.165) is 33.1 Å². The van der Waals surface area contributed by atoms with Crippen molar-refractivity contribution in [1.29, 1.82) is 0 Å². The Morgan fingerprint density at radius 2 is 1.77 bits per heavy atom. The fourth-order valence-electron chi connectivity index (χ4n) is 2.72. The zero-order chi connectivity index (χ0) is 15.5. The zero-order valence-electron chi connectivity index (χ0n) is 11.5. The van der Waals surface area contributed by atoms with Crippen LogP contribution in [0.2, 0.25) is 0 Å². The van der Waals surface area contributed by atoms with Crippen LogP contribution in [0, 0.1) is 6.92 Å². The topological polar surface area (TPSA) is 12.9 Å². The van der Waals surface area contributed by atoms with Crippen LogP contribution in [0.15, 0.2) is 42.5 Å². The van der Waals surface area contributed by atoms with Crippen LogP contribution in [0.5, 0.6) is 0 Å². The van der Waals surface area contributed by atoms with Gasteiger partial charge in [0.25, 0.3) is 0 Å². The minimum atomic E-state index is -4.34. The van der Waals surface area contributed by atoms with Crippen molar-refractivity contribution in [3.8, 4) is 0 Å². The molecule has 2 heterocycles. The molecular formula is C17H10F3NS. The molecule has 0 fully saturated rings. The Balaban J connectivity index is 2.06.